The molecule has 0 aromatic heterocycles. The molecule has 0 radical (unpaired) electrons. The van der Waals surface area contributed by atoms with Gasteiger partial charge in [0.1, 0.15) is 0 Å². The second-order valence-electron chi connectivity index (χ2n) is 6.41. The fraction of sp³-hybridized carbons (Fsp3) is 0.875. The molecule has 0 bridgehead atoms. The van der Waals surface area contributed by atoms with Gasteiger partial charge >= 0.3 is 5.97 Å². The first-order valence-corrected chi connectivity index (χ1v) is 8.00. The minimum Gasteiger partial charge on any atom is -0.481 e. The standard InChI is InChI=1S/C16H29NO4/c1-4-5-6-8-16(15(20)21)9-7-13(10-18)14(16)11(2)17-12(3)19/h11,13-14,18H,4-10H2,1-3H3,(H,17,19)(H,20,21)/t11?,13-,14?,16+/m0/s1. The van der Waals surface area contributed by atoms with E-state index in [1.54, 1.807) is 0 Å². The number of unbranched alkanes of at least 4 members (excludes halogenated alkanes) is 2. The number of carbonyl (C=O) groups is 2. The third kappa shape index (κ3) is 3.96. The van der Waals surface area contributed by atoms with Crippen molar-refractivity contribution in [2.24, 2.45) is 17.3 Å². The van der Waals surface area contributed by atoms with Gasteiger partial charge in [0, 0.05) is 19.6 Å². The van der Waals surface area contributed by atoms with Crippen LogP contribution >= 0.6 is 0 Å². The molecule has 1 aliphatic carbocycles. The Hall–Kier alpha value is -1.10. The minimum absolute atomic E-state index is 0.0165. The number of carboxylic acid groups (broad SMARTS) is 1. The number of hydrogen-bond donors (Lipinski definition) is 3. The van der Waals surface area contributed by atoms with Crippen molar-refractivity contribution in [3.05, 3.63) is 0 Å². The highest BCUT2D eigenvalue weighted by Crippen LogP contribution is 2.52. The maximum Gasteiger partial charge on any atom is 0.310 e. The van der Waals surface area contributed by atoms with E-state index in [0.717, 1.165) is 19.3 Å². The molecule has 122 valence electrons. The summed E-state index contributed by atoms with van der Waals surface area (Å²) in [7, 11) is 0. The molecule has 2 unspecified atom stereocenters. The minimum atomic E-state index is -0.815. The average Bonchev–Trinajstić information content (AvgIpc) is 2.78. The Morgan fingerprint density at radius 1 is 1.38 bits per heavy atom. The van der Waals surface area contributed by atoms with Gasteiger partial charge < -0.3 is 15.5 Å². The zero-order valence-electron chi connectivity index (χ0n) is 13.4. The highest BCUT2D eigenvalue weighted by atomic mass is 16.4. The molecule has 5 heteroatoms. The van der Waals surface area contributed by atoms with Gasteiger partial charge in [-0.05, 0) is 38.0 Å². The number of rotatable bonds is 8. The number of aliphatic carboxylic acids is 1. The van der Waals surface area contributed by atoms with Crippen LogP contribution in [0, 0.1) is 17.3 Å². The Balaban J connectivity index is 3.01. The van der Waals surface area contributed by atoms with E-state index in [2.05, 4.69) is 12.2 Å². The van der Waals surface area contributed by atoms with Crippen LogP contribution in [-0.4, -0.2) is 34.7 Å². The highest BCUT2D eigenvalue weighted by molar-refractivity contribution is 5.76. The second kappa shape index (κ2) is 7.78. The first kappa shape index (κ1) is 18.0. The fourth-order valence-corrected chi connectivity index (χ4v) is 4.08. The molecular formula is C16H29NO4. The van der Waals surface area contributed by atoms with Crippen molar-refractivity contribution in [2.45, 2.75) is 65.3 Å². The third-order valence-electron chi connectivity index (χ3n) is 4.96. The lowest BCUT2D eigenvalue weighted by molar-refractivity contribution is -0.154. The Morgan fingerprint density at radius 2 is 2.05 bits per heavy atom. The molecule has 5 nitrogen and oxygen atoms in total. The molecule has 0 spiro atoms. The van der Waals surface area contributed by atoms with Crippen molar-refractivity contribution < 1.29 is 19.8 Å². The molecule has 1 aliphatic rings. The van der Waals surface area contributed by atoms with Crippen LogP contribution < -0.4 is 5.32 Å². The van der Waals surface area contributed by atoms with E-state index in [0.29, 0.717) is 19.3 Å². The van der Waals surface area contributed by atoms with E-state index in [4.69, 9.17) is 0 Å². The summed E-state index contributed by atoms with van der Waals surface area (Å²) in [5.41, 5.74) is -0.815. The summed E-state index contributed by atoms with van der Waals surface area (Å²) >= 11 is 0. The van der Waals surface area contributed by atoms with Crippen molar-refractivity contribution in [1.82, 2.24) is 5.32 Å². The van der Waals surface area contributed by atoms with Crippen LogP contribution in [0.5, 0.6) is 0 Å². The molecular weight excluding hydrogens is 270 g/mol. The Kier molecular flexibility index (Phi) is 6.65. The first-order chi connectivity index (χ1) is 9.89. The molecule has 0 saturated heterocycles. The largest absolute Gasteiger partial charge is 0.481 e. The van der Waals surface area contributed by atoms with Gasteiger partial charge in [-0.3, -0.25) is 9.59 Å². The molecule has 0 aromatic carbocycles. The van der Waals surface area contributed by atoms with Gasteiger partial charge in [0.05, 0.1) is 5.41 Å². The zero-order chi connectivity index (χ0) is 16.0. The molecule has 1 rings (SSSR count). The summed E-state index contributed by atoms with van der Waals surface area (Å²) < 4.78 is 0. The SMILES string of the molecule is CCCCC[C@@]1(C(=O)O)CC[C@@H](CO)C1C(C)NC(C)=O. The summed E-state index contributed by atoms with van der Waals surface area (Å²) in [5.74, 6) is -1.19. The van der Waals surface area contributed by atoms with Gasteiger partial charge in [-0.25, -0.2) is 0 Å². The lowest BCUT2D eigenvalue weighted by Crippen LogP contribution is -2.49. The van der Waals surface area contributed by atoms with Crippen molar-refractivity contribution >= 4 is 11.9 Å². The number of carboxylic acids is 1. The Labute approximate surface area is 127 Å². The lowest BCUT2D eigenvalue weighted by atomic mass is 9.69. The molecule has 4 atom stereocenters. The smallest absolute Gasteiger partial charge is 0.310 e. The van der Waals surface area contributed by atoms with Gasteiger partial charge in [-0.2, -0.15) is 0 Å². The van der Waals surface area contributed by atoms with Gasteiger partial charge in [0.25, 0.3) is 0 Å². The van der Waals surface area contributed by atoms with Gasteiger partial charge in [0.15, 0.2) is 0 Å². The molecule has 0 aliphatic heterocycles. The molecule has 1 amide bonds. The summed E-state index contributed by atoms with van der Waals surface area (Å²) in [6.07, 6.45) is 4.87. The number of nitrogens with one attached hydrogen (secondary N) is 1. The second-order valence-corrected chi connectivity index (χ2v) is 6.41. The number of hydrogen-bond acceptors (Lipinski definition) is 3. The molecule has 0 aromatic rings. The predicted octanol–water partition coefficient (Wildman–Crippen LogP) is 2.18. The van der Waals surface area contributed by atoms with Crippen molar-refractivity contribution in [3.8, 4) is 0 Å². The molecule has 1 fully saturated rings. The third-order valence-corrected chi connectivity index (χ3v) is 4.96. The average molecular weight is 299 g/mol. The van der Waals surface area contributed by atoms with E-state index >= 15 is 0 Å². The van der Waals surface area contributed by atoms with Gasteiger partial charge in [0.2, 0.25) is 5.91 Å². The summed E-state index contributed by atoms with van der Waals surface area (Å²) in [5, 5.41) is 22.3. The molecule has 21 heavy (non-hydrogen) atoms. The van der Waals surface area contributed by atoms with Crippen LogP contribution in [-0.2, 0) is 9.59 Å². The maximum absolute atomic E-state index is 12.0. The van der Waals surface area contributed by atoms with Crippen molar-refractivity contribution in [2.75, 3.05) is 6.61 Å². The normalized spacial score (nSPS) is 30.1. The number of carbonyl (C=O) groups excluding carboxylic acids is 1. The van der Waals surface area contributed by atoms with Gasteiger partial charge in [-0.1, -0.05) is 26.2 Å². The number of amides is 1. The topological polar surface area (TPSA) is 86.6 Å². The quantitative estimate of drug-likeness (QED) is 0.600. The number of aliphatic hydroxyl groups is 1. The predicted molar refractivity (Wildman–Crippen MR) is 80.8 cm³/mol. The van der Waals surface area contributed by atoms with E-state index in [1.807, 2.05) is 6.92 Å². The van der Waals surface area contributed by atoms with Crippen LogP contribution in [0.3, 0.4) is 0 Å². The van der Waals surface area contributed by atoms with Crippen LogP contribution in [0.15, 0.2) is 0 Å². The lowest BCUT2D eigenvalue weighted by Gasteiger charge is -2.37. The van der Waals surface area contributed by atoms with Crippen LogP contribution in [0.2, 0.25) is 0 Å². The van der Waals surface area contributed by atoms with Crippen molar-refractivity contribution in [3.63, 3.8) is 0 Å². The number of aliphatic hydroxyl groups excluding tert-OH is 1. The van der Waals surface area contributed by atoms with Gasteiger partial charge in [-0.15, -0.1) is 0 Å². The summed E-state index contributed by atoms with van der Waals surface area (Å²) in [6, 6.07) is -0.236. The first-order valence-electron chi connectivity index (χ1n) is 8.00. The van der Waals surface area contributed by atoms with E-state index < -0.39 is 11.4 Å². The summed E-state index contributed by atoms with van der Waals surface area (Å²) in [6.45, 7) is 5.38. The fourth-order valence-electron chi connectivity index (χ4n) is 4.08. The Morgan fingerprint density at radius 3 is 2.52 bits per heavy atom. The maximum atomic E-state index is 12.0. The van der Waals surface area contributed by atoms with Crippen molar-refractivity contribution in [1.29, 1.82) is 0 Å². The molecule has 1 saturated carbocycles. The molecule has 0 heterocycles. The highest BCUT2D eigenvalue weighted by Gasteiger charge is 2.54. The van der Waals surface area contributed by atoms with E-state index in [9.17, 15) is 19.8 Å². The van der Waals surface area contributed by atoms with Crippen LogP contribution in [0.25, 0.3) is 0 Å². The Bertz CT molecular complexity index is 371. The monoisotopic (exact) mass is 299 g/mol. The zero-order valence-corrected chi connectivity index (χ0v) is 13.4. The van der Waals surface area contributed by atoms with Crippen LogP contribution in [0.4, 0.5) is 0 Å². The van der Waals surface area contributed by atoms with Crippen LogP contribution in [0.1, 0.15) is 59.3 Å². The van der Waals surface area contributed by atoms with E-state index in [-0.39, 0.29) is 30.4 Å². The molecule has 3 N–H and O–H groups in total. The summed E-state index contributed by atoms with van der Waals surface area (Å²) in [4.78, 5) is 23.3. The van der Waals surface area contributed by atoms with E-state index in [1.165, 1.54) is 6.92 Å².